The molecule has 0 aromatic rings. The van der Waals surface area contributed by atoms with Crippen LogP contribution in [0.1, 0.15) is 39.0 Å². The molecular formula is C10H15FO3. The van der Waals surface area contributed by atoms with Gasteiger partial charge in [0.1, 0.15) is 12.0 Å². The van der Waals surface area contributed by atoms with Gasteiger partial charge in [0.05, 0.1) is 5.41 Å². The summed E-state index contributed by atoms with van der Waals surface area (Å²) in [7, 11) is 0. The monoisotopic (exact) mass is 202 g/mol. The van der Waals surface area contributed by atoms with Gasteiger partial charge in [0, 0.05) is 12.8 Å². The van der Waals surface area contributed by atoms with E-state index in [0.29, 0.717) is 0 Å². The molecule has 1 aliphatic carbocycles. The number of halogens is 1. The van der Waals surface area contributed by atoms with Crippen LogP contribution in [-0.4, -0.2) is 23.0 Å². The van der Waals surface area contributed by atoms with Crippen molar-refractivity contribution in [1.29, 1.82) is 0 Å². The van der Waals surface area contributed by atoms with Gasteiger partial charge in [-0.15, -0.1) is 0 Å². The summed E-state index contributed by atoms with van der Waals surface area (Å²) in [4.78, 5) is 22.0. The predicted molar refractivity (Wildman–Crippen MR) is 48.7 cm³/mol. The Labute approximate surface area is 82.3 Å². The van der Waals surface area contributed by atoms with Crippen LogP contribution in [0.3, 0.4) is 0 Å². The Bertz CT molecular complexity index is 240. The maximum atomic E-state index is 13.6. The average molecular weight is 202 g/mol. The van der Waals surface area contributed by atoms with Gasteiger partial charge in [-0.1, -0.05) is 6.92 Å². The molecule has 0 radical (unpaired) electrons. The molecule has 14 heavy (non-hydrogen) atoms. The van der Waals surface area contributed by atoms with Gasteiger partial charge in [-0.05, 0) is 19.3 Å². The Morgan fingerprint density at radius 2 is 2.07 bits per heavy atom. The van der Waals surface area contributed by atoms with Crippen molar-refractivity contribution in [1.82, 2.24) is 0 Å². The first-order valence-electron chi connectivity index (χ1n) is 4.92. The number of hydrogen-bond acceptors (Lipinski definition) is 2. The van der Waals surface area contributed by atoms with E-state index in [4.69, 9.17) is 5.11 Å². The first kappa shape index (κ1) is 11.1. The average Bonchev–Trinajstić information content (AvgIpc) is 2.18. The highest BCUT2D eigenvalue weighted by Gasteiger charge is 2.47. The largest absolute Gasteiger partial charge is 0.481 e. The molecule has 0 amide bonds. The molecule has 1 aliphatic rings. The minimum absolute atomic E-state index is 0.0465. The van der Waals surface area contributed by atoms with Crippen molar-refractivity contribution < 1.29 is 19.1 Å². The molecule has 1 saturated carbocycles. The summed E-state index contributed by atoms with van der Waals surface area (Å²) in [5, 5.41) is 9.03. The molecule has 1 atom stereocenters. The van der Waals surface area contributed by atoms with Crippen molar-refractivity contribution in [3.63, 3.8) is 0 Å². The molecule has 1 rings (SSSR count). The van der Waals surface area contributed by atoms with Crippen molar-refractivity contribution in [2.24, 2.45) is 5.41 Å². The maximum absolute atomic E-state index is 13.6. The summed E-state index contributed by atoms with van der Waals surface area (Å²) in [5.41, 5.74) is -1.30. The van der Waals surface area contributed by atoms with Gasteiger partial charge in [-0.2, -0.15) is 0 Å². The minimum Gasteiger partial charge on any atom is -0.481 e. The molecule has 1 N–H and O–H groups in total. The van der Waals surface area contributed by atoms with Crippen LogP contribution in [0.15, 0.2) is 0 Å². The molecule has 0 heterocycles. The van der Waals surface area contributed by atoms with E-state index in [-0.39, 0.29) is 37.9 Å². The molecular weight excluding hydrogens is 187 g/mol. The van der Waals surface area contributed by atoms with Crippen LogP contribution in [0.5, 0.6) is 0 Å². The van der Waals surface area contributed by atoms with Crippen LogP contribution >= 0.6 is 0 Å². The van der Waals surface area contributed by atoms with Crippen LogP contribution in [0, 0.1) is 5.41 Å². The first-order valence-corrected chi connectivity index (χ1v) is 4.92. The summed E-state index contributed by atoms with van der Waals surface area (Å²) < 4.78 is 13.6. The third-order valence-electron chi connectivity index (χ3n) is 3.08. The fourth-order valence-electron chi connectivity index (χ4n) is 2.03. The fourth-order valence-corrected chi connectivity index (χ4v) is 2.03. The Kier molecular flexibility index (Phi) is 3.24. The van der Waals surface area contributed by atoms with Gasteiger partial charge in [-0.25, -0.2) is 4.39 Å². The number of ketones is 1. The second kappa shape index (κ2) is 4.07. The molecule has 0 saturated heterocycles. The first-order chi connectivity index (χ1) is 6.53. The van der Waals surface area contributed by atoms with Gasteiger partial charge < -0.3 is 5.11 Å². The van der Waals surface area contributed by atoms with Gasteiger partial charge in [0.15, 0.2) is 0 Å². The molecule has 1 unspecified atom stereocenters. The van der Waals surface area contributed by atoms with Gasteiger partial charge >= 0.3 is 5.97 Å². The number of carbonyl (C=O) groups excluding carboxylic acids is 1. The summed E-state index contributed by atoms with van der Waals surface area (Å²) in [6, 6.07) is 0. The highest BCUT2D eigenvalue weighted by molar-refractivity contribution is 5.84. The number of carboxylic acids is 1. The van der Waals surface area contributed by atoms with E-state index < -0.39 is 17.6 Å². The van der Waals surface area contributed by atoms with E-state index in [1.165, 1.54) is 0 Å². The van der Waals surface area contributed by atoms with Crippen LogP contribution in [0.4, 0.5) is 4.39 Å². The molecule has 80 valence electrons. The smallest absolute Gasteiger partial charge is 0.312 e. The third-order valence-corrected chi connectivity index (χ3v) is 3.08. The van der Waals surface area contributed by atoms with E-state index in [9.17, 15) is 14.0 Å². The number of rotatable bonds is 3. The van der Waals surface area contributed by atoms with Gasteiger partial charge in [0.2, 0.25) is 0 Å². The van der Waals surface area contributed by atoms with E-state index in [1.807, 2.05) is 0 Å². The molecule has 0 aromatic carbocycles. The lowest BCUT2D eigenvalue weighted by atomic mass is 9.70. The van der Waals surface area contributed by atoms with Crippen LogP contribution in [-0.2, 0) is 9.59 Å². The number of aliphatic carboxylic acids is 1. The van der Waals surface area contributed by atoms with Crippen molar-refractivity contribution >= 4 is 11.8 Å². The lowest BCUT2D eigenvalue weighted by molar-refractivity contribution is -0.157. The van der Waals surface area contributed by atoms with Gasteiger partial charge in [0.25, 0.3) is 0 Å². The summed E-state index contributed by atoms with van der Waals surface area (Å²) in [6.07, 6.45) is -0.445. The molecule has 3 nitrogen and oxygen atoms in total. The van der Waals surface area contributed by atoms with Gasteiger partial charge in [-0.3, -0.25) is 9.59 Å². The quantitative estimate of drug-likeness (QED) is 0.761. The highest BCUT2D eigenvalue weighted by Crippen LogP contribution is 2.41. The standard InChI is InChI=1S/C10H15FO3/c1-2-8(11)10(9(13)14)5-3-7(12)4-6-10/h8H,2-6H2,1H3,(H,13,14). The molecule has 0 spiro atoms. The van der Waals surface area contributed by atoms with Crippen molar-refractivity contribution in [2.45, 2.75) is 45.2 Å². The van der Waals surface area contributed by atoms with E-state index >= 15 is 0 Å². The predicted octanol–water partition coefficient (Wildman–Crippen LogP) is 1.95. The topological polar surface area (TPSA) is 54.4 Å². The van der Waals surface area contributed by atoms with Crippen LogP contribution in [0.2, 0.25) is 0 Å². The summed E-state index contributed by atoms with van der Waals surface area (Å²) in [6.45, 7) is 1.63. The number of Topliss-reactive ketones (excluding diaryl/α,β-unsaturated/α-hetero) is 1. The number of carboxylic acid groups (broad SMARTS) is 1. The van der Waals surface area contributed by atoms with Crippen molar-refractivity contribution in [3.05, 3.63) is 0 Å². The lowest BCUT2D eigenvalue weighted by Gasteiger charge is -2.34. The minimum atomic E-state index is -1.34. The second-order valence-electron chi connectivity index (χ2n) is 3.88. The number of carbonyl (C=O) groups is 2. The molecule has 4 heteroatoms. The molecule has 0 aliphatic heterocycles. The van der Waals surface area contributed by atoms with E-state index in [2.05, 4.69) is 0 Å². The SMILES string of the molecule is CCC(F)C1(C(=O)O)CCC(=O)CC1. The second-order valence-corrected chi connectivity index (χ2v) is 3.88. The van der Waals surface area contributed by atoms with E-state index in [0.717, 1.165) is 0 Å². The van der Waals surface area contributed by atoms with Crippen LogP contribution in [0.25, 0.3) is 0 Å². The Hall–Kier alpha value is -0.930. The maximum Gasteiger partial charge on any atom is 0.312 e. The fraction of sp³-hybridized carbons (Fsp3) is 0.800. The van der Waals surface area contributed by atoms with Crippen molar-refractivity contribution in [3.8, 4) is 0 Å². The Morgan fingerprint density at radius 1 is 1.57 bits per heavy atom. The highest BCUT2D eigenvalue weighted by atomic mass is 19.1. The van der Waals surface area contributed by atoms with E-state index in [1.54, 1.807) is 6.92 Å². The summed E-state index contributed by atoms with van der Waals surface area (Å²) >= 11 is 0. The molecule has 1 fully saturated rings. The zero-order chi connectivity index (χ0) is 10.8. The molecule has 0 aromatic heterocycles. The molecule has 0 bridgehead atoms. The Morgan fingerprint density at radius 3 is 2.43 bits per heavy atom. The number of hydrogen-bond donors (Lipinski definition) is 1. The number of alkyl halides is 1. The lowest BCUT2D eigenvalue weighted by Crippen LogP contribution is -2.43. The Balaban J connectivity index is 2.83. The third kappa shape index (κ3) is 1.79. The summed E-state index contributed by atoms with van der Waals surface area (Å²) in [5.74, 6) is -1.05. The zero-order valence-electron chi connectivity index (χ0n) is 8.25. The normalized spacial score (nSPS) is 23.1. The van der Waals surface area contributed by atoms with Crippen molar-refractivity contribution in [2.75, 3.05) is 0 Å². The zero-order valence-corrected chi connectivity index (χ0v) is 8.25. The van der Waals surface area contributed by atoms with Crippen LogP contribution < -0.4 is 0 Å².